The molecule has 1 atom stereocenters. The molecule has 2 fully saturated rings. The van der Waals surface area contributed by atoms with Crippen LogP contribution < -0.4 is 13.8 Å². The first-order valence-corrected chi connectivity index (χ1v) is 12.1. The fourth-order valence-electron chi connectivity index (χ4n) is 3.52. The molecule has 1 aromatic rings. The molecule has 27 heavy (non-hydrogen) atoms. The van der Waals surface area contributed by atoms with Gasteiger partial charge in [-0.05, 0) is 38.0 Å². The topological polar surface area (TPSA) is 110 Å². The lowest BCUT2D eigenvalue weighted by molar-refractivity contribution is -0.119. The molecular weight excluding hydrogens is 392 g/mol. The minimum atomic E-state index is -3.92. The van der Waals surface area contributed by atoms with E-state index in [1.807, 2.05) is 0 Å². The van der Waals surface area contributed by atoms with E-state index in [0.717, 1.165) is 25.7 Å². The average molecular weight is 417 g/mol. The maximum absolute atomic E-state index is 12.9. The Kier molecular flexibility index (Phi) is 5.51. The van der Waals surface area contributed by atoms with Gasteiger partial charge in [0.15, 0.2) is 0 Å². The summed E-state index contributed by atoms with van der Waals surface area (Å²) in [4.78, 5) is 12.2. The Balaban J connectivity index is 2.04. The van der Waals surface area contributed by atoms with Gasteiger partial charge < -0.3 is 4.74 Å². The molecular formula is C17H24N2O6S2. The molecule has 0 bridgehead atoms. The fourth-order valence-corrected chi connectivity index (χ4v) is 6.80. The van der Waals surface area contributed by atoms with E-state index in [-0.39, 0.29) is 34.7 Å². The second kappa shape index (κ2) is 7.40. The third-order valence-corrected chi connectivity index (χ3v) is 8.20. The molecule has 1 aromatic carbocycles. The molecule has 2 aliphatic rings. The quantitative estimate of drug-likeness (QED) is 0.755. The first-order chi connectivity index (χ1) is 12.7. The van der Waals surface area contributed by atoms with Crippen LogP contribution in [-0.2, 0) is 24.8 Å². The Morgan fingerprint density at radius 2 is 1.93 bits per heavy atom. The summed E-state index contributed by atoms with van der Waals surface area (Å²) in [5.41, 5.74) is 0.0135. The van der Waals surface area contributed by atoms with Crippen LogP contribution in [0.4, 0.5) is 5.69 Å². The second-order valence-corrected chi connectivity index (χ2v) is 10.5. The molecule has 0 radical (unpaired) electrons. The van der Waals surface area contributed by atoms with Crippen LogP contribution in [0, 0.1) is 5.92 Å². The van der Waals surface area contributed by atoms with Gasteiger partial charge in [-0.15, -0.1) is 0 Å². The number of rotatable bonds is 6. The summed E-state index contributed by atoms with van der Waals surface area (Å²) in [7, 11) is -7.75. The van der Waals surface area contributed by atoms with Crippen LogP contribution >= 0.6 is 0 Å². The summed E-state index contributed by atoms with van der Waals surface area (Å²) in [6, 6.07) is 3.85. The maximum atomic E-state index is 12.9. The van der Waals surface area contributed by atoms with Gasteiger partial charge in [-0.3, -0.25) is 4.79 Å². The van der Waals surface area contributed by atoms with Crippen LogP contribution in [-0.4, -0.2) is 41.1 Å². The van der Waals surface area contributed by atoms with Crippen molar-refractivity contribution in [2.45, 2.75) is 50.5 Å². The van der Waals surface area contributed by atoms with Gasteiger partial charge in [-0.25, -0.2) is 25.9 Å². The van der Waals surface area contributed by atoms with Gasteiger partial charge in [-0.1, -0.05) is 19.8 Å². The molecule has 1 unspecified atom stereocenters. The lowest BCUT2D eigenvalue weighted by atomic mass is 10.2. The van der Waals surface area contributed by atoms with Gasteiger partial charge >= 0.3 is 0 Å². The molecule has 0 aromatic heterocycles. The first-order valence-electron chi connectivity index (χ1n) is 9.01. The number of nitrogens with one attached hydrogen (secondary N) is 1. The van der Waals surface area contributed by atoms with Crippen molar-refractivity contribution in [3.8, 4) is 5.75 Å². The summed E-state index contributed by atoms with van der Waals surface area (Å²) in [6.07, 6.45) is 3.45. The van der Waals surface area contributed by atoms with Crippen molar-refractivity contribution in [2.75, 3.05) is 16.7 Å². The van der Waals surface area contributed by atoms with Crippen LogP contribution in [0.5, 0.6) is 5.75 Å². The Bertz CT molecular complexity index is 936. The lowest BCUT2D eigenvalue weighted by Gasteiger charge is -2.19. The molecule has 1 aliphatic carbocycles. The number of anilines is 1. The first kappa shape index (κ1) is 20.1. The van der Waals surface area contributed by atoms with Crippen LogP contribution in [0.3, 0.4) is 0 Å². The van der Waals surface area contributed by atoms with E-state index in [9.17, 15) is 21.6 Å². The summed E-state index contributed by atoms with van der Waals surface area (Å²) < 4.78 is 59.3. The number of hydrogen-bond acceptors (Lipinski definition) is 6. The molecule has 0 spiro atoms. The van der Waals surface area contributed by atoms with Crippen molar-refractivity contribution in [1.29, 1.82) is 0 Å². The minimum Gasteiger partial charge on any atom is -0.492 e. The Morgan fingerprint density at radius 3 is 2.48 bits per heavy atom. The highest BCUT2D eigenvalue weighted by atomic mass is 32.2. The number of carbonyl (C=O) groups is 1. The predicted molar refractivity (Wildman–Crippen MR) is 101 cm³/mol. The van der Waals surface area contributed by atoms with E-state index in [2.05, 4.69) is 4.72 Å². The normalized spacial score (nSPS) is 23.1. The third kappa shape index (κ3) is 3.97. The smallest absolute Gasteiger partial charge is 0.244 e. The fraction of sp³-hybridized carbons (Fsp3) is 0.588. The number of carbonyl (C=O) groups excluding carboxylic acids is 1. The molecule has 10 heteroatoms. The molecule has 1 N–H and O–H groups in total. The van der Waals surface area contributed by atoms with Crippen LogP contribution in [0.1, 0.15) is 39.5 Å². The van der Waals surface area contributed by atoms with E-state index >= 15 is 0 Å². The standard InChI is InChI=1S/C17H24N2O6S2/c1-3-25-15-9-8-14(19-17(20)12(2)11-26(19,21)22)10-16(15)27(23,24)18-13-6-4-5-7-13/h8-10,12-13,18H,3-7,11H2,1-2H3. The zero-order chi connectivity index (χ0) is 19.8. The van der Waals surface area contributed by atoms with E-state index in [1.165, 1.54) is 25.1 Å². The van der Waals surface area contributed by atoms with Crippen LogP contribution in [0.25, 0.3) is 0 Å². The van der Waals surface area contributed by atoms with Gasteiger partial charge in [0.2, 0.25) is 26.0 Å². The number of nitrogens with zero attached hydrogens (tertiary/aromatic N) is 1. The molecule has 1 saturated heterocycles. The summed E-state index contributed by atoms with van der Waals surface area (Å²) in [5, 5.41) is 0. The molecule has 3 rings (SSSR count). The van der Waals surface area contributed by atoms with Crippen molar-refractivity contribution in [3.05, 3.63) is 18.2 Å². The minimum absolute atomic E-state index is 0.0135. The highest BCUT2D eigenvalue weighted by molar-refractivity contribution is 7.94. The Hall–Kier alpha value is -1.65. The molecule has 1 heterocycles. The van der Waals surface area contributed by atoms with Gasteiger partial charge in [0.05, 0.1) is 24.0 Å². The van der Waals surface area contributed by atoms with Gasteiger partial charge in [-0.2, -0.15) is 0 Å². The van der Waals surface area contributed by atoms with Crippen LogP contribution in [0.2, 0.25) is 0 Å². The number of amides is 1. The van der Waals surface area contributed by atoms with E-state index in [0.29, 0.717) is 4.31 Å². The number of sulfonamides is 2. The SMILES string of the molecule is CCOc1ccc(N2C(=O)C(C)CS2(=O)=O)cc1S(=O)(=O)NC1CCCC1. The molecule has 8 nitrogen and oxygen atoms in total. The van der Waals surface area contributed by atoms with Gasteiger partial charge in [0.1, 0.15) is 10.6 Å². The van der Waals surface area contributed by atoms with Crippen molar-refractivity contribution in [2.24, 2.45) is 5.92 Å². The Morgan fingerprint density at radius 1 is 1.26 bits per heavy atom. The second-order valence-electron chi connectivity index (χ2n) is 6.95. The third-order valence-electron chi connectivity index (χ3n) is 4.79. The van der Waals surface area contributed by atoms with Gasteiger partial charge in [0.25, 0.3) is 0 Å². The Labute approximate surface area is 160 Å². The molecule has 1 saturated carbocycles. The van der Waals surface area contributed by atoms with Crippen molar-refractivity contribution >= 4 is 31.6 Å². The zero-order valence-corrected chi connectivity index (χ0v) is 17.0. The number of benzene rings is 1. The van der Waals surface area contributed by atoms with Crippen LogP contribution in [0.15, 0.2) is 23.1 Å². The maximum Gasteiger partial charge on any atom is 0.244 e. The van der Waals surface area contributed by atoms with Crippen molar-refractivity contribution in [1.82, 2.24) is 4.72 Å². The highest BCUT2D eigenvalue weighted by Gasteiger charge is 2.42. The van der Waals surface area contributed by atoms with E-state index < -0.39 is 31.9 Å². The molecule has 150 valence electrons. The van der Waals surface area contributed by atoms with Crippen molar-refractivity contribution in [3.63, 3.8) is 0 Å². The lowest BCUT2D eigenvalue weighted by Crippen LogP contribution is -2.34. The monoisotopic (exact) mass is 416 g/mol. The number of ether oxygens (including phenoxy) is 1. The average Bonchev–Trinajstić information content (AvgIpc) is 3.14. The zero-order valence-electron chi connectivity index (χ0n) is 15.3. The molecule has 1 aliphatic heterocycles. The number of hydrogen-bond donors (Lipinski definition) is 1. The van der Waals surface area contributed by atoms with Gasteiger partial charge in [0, 0.05) is 6.04 Å². The predicted octanol–water partition coefficient (Wildman–Crippen LogP) is 1.62. The summed E-state index contributed by atoms with van der Waals surface area (Å²) in [6.45, 7) is 3.52. The van der Waals surface area contributed by atoms with E-state index in [4.69, 9.17) is 4.74 Å². The summed E-state index contributed by atoms with van der Waals surface area (Å²) in [5.74, 6) is -1.39. The molecule has 1 amide bonds. The van der Waals surface area contributed by atoms with E-state index in [1.54, 1.807) is 6.92 Å². The highest BCUT2D eigenvalue weighted by Crippen LogP contribution is 2.34. The largest absolute Gasteiger partial charge is 0.492 e. The van der Waals surface area contributed by atoms with Crippen molar-refractivity contribution < 1.29 is 26.4 Å². The summed E-state index contributed by atoms with van der Waals surface area (Å²) >= 11 is 0.